The highest BCUT2D eigenvalue weighted by Gasteiger charge is 2.17. The topological polar surface area (TPSA) is 64.4 Å². The second-order valence-electron chi connectivity index (χ2n) is 5.22. The predicted molar refractivity (Wildman–Crippen MR) is 88.5 cm³/mol. The molecule has 23 heavy (non-hydrogen) atoms. The molecule has 0 spiro atoms. The molecule has 0 radical (unpaired) electrons. The molecule has 0 saturated heterocycles. The molecule has 1 N–H and O–H groups in total. The molecule has 0 bridgehead atoms. The van der Waals surface area contributed by atoms with Gasteiger partial charge in [0.1, 0.15) is 11.3 Å². The van der Waals surface area contributed by atoms with Gasteiger partial charge in [0, 0.05) is 11.6 Å². The molecule has 3 aromatic rings. The monoisotopic (exact) mass is 310 g/mol. The van der Waals surface area contributed by atoms with E-state index in [1.807, 2.05) is 37.3 Å². The summed E-state index contributed by atoms with van der Waals surface area (Å²) in [6, 6.07) is 9.66. The van der Waals surface area contributed by atoms with Gasteiger partial charge in [-0.05, 0) is 38.1 Å². The van der Waals surface area contributed by atoms with E-state index in [1.54, 1.807) is 19.4 Å². The van der Waals surface area contributed by atoms with Crippen LogP contribution in [0, 0.1) is 6.92 Å². The number of rotatable bonds is 5. The molecule has 0 amide bonds. The Morgan fingerprint density at radius 2 is 2.22 bits per heavy atom. The highest BCUT2D eigenvalue weighted by molar-refractivity contribution is 6.05. The number of nitrogens with one attached hydrogen (secondary N) is 1. The van der Waals surface area contributed by atoms with Gasteiger partial charge >= 0.3 is 5.97 Å². The first-order valence-corrected chi connectivity index (χ1v) is 7.51. The van der Waals surface area contributed by atoms with Crippen molar-refractivity contribution in [2.24, 2.45) is 0 Å². The van der Waals surface area contributed by atoms with Gasteiger partial charge in [0.25, 0.3) is 0 Å². The standard InChI is InChI=1S/C18H18N2O3/c1-3-22-18(21)15-11-19-16-7-6-12(2)9-14(16)17(15)20-10-13-5-4-8-23-13/h4-9,11H,3,10H2,1-2H3,(H,19,20). The summed E-state index contributed by atoms with van der Waals surface area (Å²) in [6.07, 6.45) is 3.18. The van der Waals surface area contributed by atoms with Crippen LogP contribution in [0.2, 0.25) is 0 Å². The molecule has 1 aromatic carbocycles. The molecule has 3 rings (SSSR count). The summed E-state index contributed by atoms with van der Waals surface area (Å²) in [5.41, 5.74) is 3.07. The summed E-state index contributed by atoms with van der Waals surface area (Å²) < 4.78 is 10.5. The average Bonchev–Trinajstić information content (AvgIpc) is 3.06. The van der Waals surface area contributed by atoms with Crippen molar-refractivity contribution in [3.63, 3.8) is 0 Å². The fourth-order valence-electron chi connectivity index (χ4n) is 2.45. The summed E-state index contributed by atoms with van der Waals surface area (Å²) >= 11 is 0. The molecule has 5 heteroatoms. The lowest BCUT2D eigenvalue weighted by molar-refractivity contribution is 0.0527. The van der Waals surface area contributed by atoms with Crippen LogP contribution >= 0.6 is 0 Å². The number of carbonyl (C=O) groups excluding carboxylic acids is 1. The number of fused-ring (bicyclic) bond motifs is 1. The van der Waals surface area contributed by atoms with E-state index in [2.05, 4.69) is 10.3 Å². The van der Waals surface area contributed by atoms with Gasteiger partial charge in [-0.15, -0.1) is 0 Å². The van der Waals surface area contributed by atoms with Crippen LogP contribution in [0.15, 0.2) is 47.2 Å². The molecule has 0 aliphatic carbocycles. The third kappa shape index (κ3) is 3.18. The first-order valence-electron chi connectivity index (χ1n) is 7.51. The van der Waals surface area contributed by atoms with Gasteiger partial charge in [-0.25, -0.2) is 4.79 Å². The Kier molecular flexibility index (Phi) is 4.28. The van der Waals surface area contributed by atoms with Crippen LogP contribution in [0.5, 0.6) is 0 Å². The Bertz CT molecular complexity index is 826. The zero-order valence-electron chi connectivity index (χ0n) is 13.1. The van der Waals surface area contributed by atoms with Crippen LogP contribution in [0.3, 0.4) is 0 Å². The number of aryl methyl sites for hydroxylation is 1. The maximum absolute atomic E-state index is 12.2. The van der Waals surface area contributed by atoms with Gasteiger partial charge in [0.15, 0.2) is 0 Å². The van der Waals surface area contributed by atoms with Gasteiger partial charge in [0.05, 0.1) is 30.6 Å². The number of esters is 1. The Balaban J connectivity index is 2.06. The number of furan rings is 1. The van der Waals surface area contributed by atoms with Crippen molar-refractivity contribution in [2.45, 2.75) is 20.4 Å². The van der Waals surface area contributed by atoms with E-state index in [1.165, 1.54) is 0 Å². The predicted octanol–water partition coefficient (Wildman–Crippen LogP) is 3.93. The third-order valence-electron chi connectivity index (χ3n) is 3.54. The third-order valence-corrected chi connectivity index (χ3v) is 3.54. The van der Waals surface area contributed by atoms with Crippen molar-refractivity contribution < 1.29 is 13.9 Å². The van der Waals surface area contributed by atoms with E-state index in [0.717, 1.165) is 22.2 Å². The molecule has 2 aromatic heterocycles. The van der Waals surface area contributed by atoms with Gasteiger partial charge < -0.3 is 14.5 Å². The summed E-state index contributed by atoms with van der Waals surface area (Å²) in [4.78, 5) is 16.6. The fraction of sp³-hybridized carbons (Fsp3) is 0.222. The highest BCUT2D eigenvalue weighted by atomic mass is 16.5. The molecular weight excluding hydrogens is 292 g/mol. The number of benzene rings is 1. The molecule has 0 aliphatic heterocycles. The number of anilines is 1. The Hall–Kier alpha value is -2.82. The molecule has 0 fully saturated rings. The van der Waals surface area contributed by atoms with Crippen molar-refractivity contribution >= 4 is 22.6 Å². The SMILES string of the molecule is CCOC(=O)c1cnc2ccc(C)cc2c1NCc1ccco1. The van der Waals surface area contributed by atoms with Crippen molar-refractivity contribution in [1.82, 2.24) is 4.98 Å². The number of nitrogens with zero attached hydrogens (tertiary/aromatic N) is 1. The van der Waals surface area contributed by atoms with Crippen molar-refractivity contribution in [3.8, 4) is 0 Å². The van der Waals surface area contributed by atoms with Gasteiger partial charge in [0.2, 0.25) is 0 Å². The highest BCUT2D eigenvalue weighted by Crippen LogP contribution is 2.28. The van der Waals surface area contributed by atoms with Crippen molar-refractivity contribution in [1.29, 1.82) is 0 Å². The van der Waals surface area contributed by atoms with Gasteiger partial charge in [-0.2, -0.15) is 0 Å². The number of hydrogen-bond donors (Lipinski definition) is 1. The number of ether oxygens (including phenoxy) is 1. The Morgan fingerprint density at radius 1 is 1.35 bits per heavy atom. The minimum atomic E-state index is -0.384. The first kappa shape index (κ1) is 15.1. The molecular formula is C18H18N2O3. The van der Waals surface area contributed by atoms with Gasteiger partial charge in [-0.3, -0.25) is 4.98 Å². The molecule has 5 nitrogen and oxygen atoms in total. The quantitative estimate of drug-likeness (QED) is 0.723. The molecule has 0 aliphatic rings. The maximum atomic E-state index is 12.2. The van der Waals surface area contributed by atoms with Crippen LogP contribution in [-0.4, -0.2) is 17.6 Å². The second kappa shape index (κ2) is 6.52. The molecule has 2 heterocycles. The van der Waals surface area contributed by atoms with E-state index in [4.69, 9.17) is 9.15 Å². The fourth-order valence-corrected chi connectivity index (χ4v) is 2.45. The molecule has 0 unspecified atom stereocenters. The zero-order chi connectivity index (χ0) is 16.2. The number of aromatic nitrogens is 1. The lowest BCUT2D eigenvalue weighted by Gasteiger charge is -2.13. The smallest absolute Gasteiger partial charge is 0.341 e. The Labute approximate surface area is 134 Å². The maximum Gasteiger partial charge on any atom is 0.341 e. The summed E-state index contributed by atoms with van der Waals surface area (Å²) in [5, 5.41) is 4.18. The minimum absolute atomic E-state index is 0.322. The number of carbonyl (C=O) groups is 1. The molecule has 118 valence electrons. The van der Waals surface area contributed by atoms with Crippen LogP contribution in [-0.2, 0) is 11.3 Å². The number of pyridine rings is 1. The van der Waals surface area contributed by atoms with E-state index >= 15 is 0 Å². The lowest BCUT2D eigenvalue weighted by atomic mass is 10.1. The van der Waals surface area contributed by atoms with Crippen LogP contribution in [0.25, 0.3) is 10.9 Å². The molecule has 0 saturated carbocycles. The summed E-state index contributed by atoms with van der Waals surface area (Å²) in [7, 11) is 0. The van der Waals surface area contributed by atoms with Crippen molar-refractivity contribution in [2.75, 3.05) is 11.9 Å². The lowest BCUT2D eigenvalue weighted by Crippen LogP contribution is -2.11. The summed E-state index contributed by atoms with van der Waals surface area (Å²) in [6.45, 7) is 4.59. The zero-order valence-corrected chi connectivity index (χ0v) is 13.1. The normalized spacial score (nSPS) is 10.7. The van der Waals surface area contributed by atoms with E-state index in [-0.39, 0.29) is 5.97 Å². The van der Waals surface area contributed by atoms with E-state index < -0.39 is 0 Å². The largest absolute Gasteiger partial charge is 0.467 e. The minimum Gasteiger partial charge on any atom is -0.467 e. The van der Waals surface area contributed by atoms with Crippen LogP contribution in [0.1, 0.15) is 28.6 Å². The molecule has 0 atom stereocenters. The first-order chi connectivity index (χ1) is 11.2. The number of hydrogen-bond acceptors (Lipinski definition) is 5. The van der Waals surface area contributed by atoms with Crippen molar-refractivity contribution in [3.05, 3.63) is 59.7 Å². The van der Waals surface area contributed by atoms with Crippen LogP contribution in [0.4, 0.5) is 5.69 Å². The van der Waals surface area contributed by atoms with Crippen LogP contribution < -0.4 is 5.32 Å². The van der Waals surface area contributed by atoms with E-state index in [0.29, 0.717) is 24.4 Å². The average molecular weight is 310 g/mol. The van der Waals surface area contributed by atoms with E-state index in [9.17, 15) is 4.79 Å². The summed E-state index contributed by atoms with van der Waals surface area (Å²) in [5.74, 6) is 0.405. The second-order valence-corrected chi connectivity index (χ2v) is 5.22. The Morgan fingerprint density at radius 3 is 2.96 bits per heavy atom. The van der Waals surface area contributed by atoms with Gasteiger partial charge in [-0.1, -0.05) is 11.6 Å².